The molecule has 0 spiro atoms. The lowest BCUT2D eigenvalue weighted by molar-refractivity contribution is -0.274. The minimum Gasteiger partial charge on any atom is -0.495 e. The Kier molecular flexibility index (Phi) is 6.16. The number of pyridine rings is 1. The van der Waals surface area contributed by atoms with Gasteiger partial charge in [-0.1, -0.05) is 53.5 Å². The first kappa shape index (κ1) is 23.2. The van der Waals surface area contributed by atoms with Crippen LogP contribution >= 0.6 is 23.2 Å². The summed E-state index contributed by atoms with van der Waals surface area (Å²) >= 11 is 13.0. The van der Waals surface area contributed by atoms with Gasteiger partial charge in [0.15, 0.2) is 0 Å². The summed E-state index contributed by atoms with van der Waals surface area (Å²) in [5.41, 5.74) is 5.37. The lowest BCUT2D eigenvalue weighted by atomic mass is 9.96. The molecular formula is C25H18Cl2F3NO2. The van der Waals surface area contributed by atoms with Crippen LogP contribution in [0.2, 0.25) is 10.0 Å². The van der Waals surface area contributed by atoms with Crippen LogP contribution in [0.15, 0.2) is 54.6 Å². The standard InChI is InChI=1S/C25H18Cl2F3NO2/c1-13-10-17(33-25(28,29)30)8-9-18(13)15-4-6-16(7-5-15)23-14(2)31-21-12-22(32-3)20(26)11-19(21)24(23)27/h4-12H,1-3H3. The highest BCUT2D eigenvalue weighted by Gasteiger charge is 2.31. The topological polar surface area (TPSA) is 31.4 Å². The smallest absolute Gasteiger partial charge is 0.495 e. The van der Waals surface area contributed by atoms with Crippen molar-refractivity contribution in [1.82, 2.24) is 4.98 Å². The third-order valence-electron chi connectivity index (χ3n) is 5.29. The fourth-order valence-electron chi connectivity index (χ4n) is 3.81. The van der Waals surface area contributed by atoms with E-state index in [2.05, 4.69) is 9.72 Å². The normalized spacial score (nSPS) is 11.6. The molecule has 0 atom stereocenters. The first-order valence-corrected chi connectivity index (χ1v) is 10.6. The van der Waals surface area contributed by atoms with E-state index in [0.29, 0.717) is 32.3 Å². The Morgan fingerprint density at radius 2 is 1.55 bits per heavy atom. The van der Waals surface area contributed by atoms with Gasteiger partial charge in [-0.2, -0.15) is 0 Å². The van der Waals surface area contributed by atoms with Gasteiger partial charge < -0.3 is 9.47 Å². The molecule has 33 heavy (non-hydrogen) atoms. The van der Waals surface area contributed by atoms with Gasteiger partial charge in [0.1, 0.15) is 11.5 Å². The number of halogens is 5. The number of rotatable bonds is 4. The van der Waals surface area contributed by atoms with E-state index >= 15 is 0 Å². The summed E-state index contributed by atoms with van der Waals surface area (Å²) in [5.74, 6) is 0.270. The SMILES string of the molecule is COc1cc2nc(C)c(-c3ccc(-c4ccc(OC(F)(F)F)cc4C)cc3)c(Cl)c2cc1Cl. The highest BCUT2D eigenvalue weighted by molar-refractivity contribution is 6.39. The van der Waals surface area contributed by atoms with Crippen LogP contribution in [0.3, 0.4) is 0 Å². The van der Waals surface area contributed by atoms with Gasteiger partial charge in [-0.15, -0.1) is 13.2 Å². The Bertz CT molecular complexity index is 1350. The van der Waals surface area contributed by atoms with E-state index in [0.717, 1.165) is 27.9 Å². The van der Waals surface area contributed by atoms with E-state index in [9.17, 15) is 13.2 Å². The van der Waals surface area contributed by atoms with Crippen LogP contribution in [0.25, 0.3) is 33.2 Å². The van der Waals surface area contributed by atoms with Gasteiger partial charge in [-0.25, -0.2) is 0 Å². The van der Waals surface area contributed by atoms with Crippen LogP contribution < -0.4 is 9.47 Å². The second-order valence-electron chi connectivity index (χ2n) is 7.49. The first-order chi connectivity index (χ1) is 15.6. The Labute approximate surface area is 198 Å². The lowest BCUT2D eigenvalue weighted by Crippen LogP contribution is -2.17. The molecule has 0 N–H and O–H groups in total. The molecule has 0 saturated heterocycles. The number of hydrogen-bond acceptors (Lipinski definition) is 3. The van der Waals surface area contributed by atoms with Gasteiger partial charge >= 0.3 is 6.36 Å². The summed E-state index contributed by atoms with van der Waals surface area (Å²) in [6, 6.07) is 15.3. The minimum atomic E-state index is -4.73. The molecular weight excluding hydrogens is 474 g/mol. The molecule has 4 rings (SSSR count). The number of nitrogens with zero attached hydrogens (tertiary/aromatic N) is 1. The molecule has 170 valence electrons. The molecule has 8 heteroatoms. The number of methoxy groups -OCH3 is 1. The predicted octanol–water partition coefficient (Wildman–Crippen LogP) is 8.40. The molecule has 0 bridgehead atoms. The Balaban J connectivity index is 1.72. The van der Waals surface area contributed by atoms with Crippen molar-refractivity contribution in [3.05, 3.63) is 75.9 Å². The van der Waals surface area contributed by atoms with E-state index in [1.807, 2.05) is 31.2 Å². The quantitative estimate of drug-likeness (QED) is 0.287. The maximum absolute atomic E-state index is 12.5. The molecule has 4 aromatic rings. The number of benzene rings is 3. The summed E-state index contributed by atoms with van der Waals surface area (Å²) in [6.45, 7) is 3.61. The molecule has 1 heterocycles. The van der Waals surface area contributed by atoms with Gasteiger partial charge in [0.25, 0.3) is 0 Å². The highest BCUT2D eigenvalue weighted by atomic mass is 35.5. The Morgan fingerprint density at radius 1 is 0.879 bits per heavy atom. The lowest BCUT2D eigenvalue weighted by Gasteiger charge is -2.14. The van der Waals surface area contributed by atoms with Crippen molar-refractivity contribution in [2.24, 2.45) is 0 Å². The van der Waals surface area contributed by atoms with Crippen molar-refractivity contribution >= 4 is 34.1 Å². The second kappa shape index (κ2) is 8.76. The molecule has 3 aromatic carbocycles. The summed E-state index contributed by atoms with van der Waals surface area (Å²) in [6.07, 6.45) is -4.73. The van der Waals surface area contributed by atoms with Crippen LogP contribution in [0.4, 0.5) is 13.2 Å². The molecule has 0 saturated carbocycles. The van der Waals surface area contributed by atoms with Gasteiger partial charge in [0.05, 0.1) is 22.7 Å². The first-order valence-electron chi connectivity index (χ1n) is 9.88. The zero-order valence-corrected chi connectivity index (χ0v) is 19.4. The fourth-order valence-corrected chi connectivity index (χ4v) is 4.44. The van der Waals surface area contributed by atoms with E-state index in [1.54, 1.807) is 25.1 Å². The zero-order valence-electron chi connectivity index (χ0n) is 17.8. The third-order valence-corrected chi connectivity index (χ3v) is 5.98. The molecule has 1 aromatic heterocycles. The van der Waals surface area contributed by atoms with Crippen LogP contribution in [0.5, 0.6) is 11.5 Å². The highest BCUT2D eigenvalue weighted by Crippen LogP contribution is 2.40. The van der Waals surface area contributed by atoms with Crippen LogP contribution in [0, 0.1) is 13.8 Å². The molecule has 0 fully saturated rings. The average Bonchev–Trinajstić information content (AvgIpc) is 2.74. The Hall–Kier alpha value is -2.96. The Morgan fingerprint density at radius 3 is 2.15 bits per heavy atom. The number of alkyl halides is 3. The average molecular weight is 492 g/mol. The number of aromatic nitrogens is 1. The third kappa shape index (κ3) is 4.72. The van der Waals surface area contributed by atoms with Gasteiger partial charge in [0.2, 0.25) is 0 Å². The molecule has 3 nitrogen and oxygen atoms in total. The number of fused-ring (bicyclic) bond motifs is 1. The summed E-state index contributed by atoms with van der Waals surface area (Å²) in [5, 5.41) is 1.68. The van der Waals surface area contributed by atoms with Crippen molar-refractivity contribution in [1.29, 1.82) is 0 Å². The van der Waals surface area contributed by atoms with Crippen molar-refractivity contribution < 1.29 is 22.6 Å². The summed E-state index contributed by atoms with van der Waals surface area (Å²) < 4.78 is 46.7. The van der Waals surface area contributed by atoms with Crippen molar-refractivity contribution in [3.63, 3.8) is 0 Å². The monoisotopic (exact) mass is 491 g/mol. The predicted molar refractivity (Wildman–Crippen MR) is 125 cm³/mol. The molecule has 0 aliphatic carbocycles. The number of hydrogen-bond donors (Lipinski definition) is 0. The molecule has 0 aliphatic heterocycles. The summed E-state index contributed by atoms with van der Waals surface area (Å²) in [7, 11) is 1.54. The zero-order chi connectivity index (χ0) is 23.9. The molecule has 0 amide bonds. The minimum absolute atomic E-state index is 0.250. The van der Waals surface area contributed by atoms with Crippen LogP contribution in [0.1, 0.15) is 11.3 Å². The number of aryl methyl sites for hydroxylation is 2. The van der Waals surface area contributed by atoms with Crippen molar-refractivity contribution in [2.45, 2.75) is 20.2 Å². The van der Waals surface area contributed by atoms with E-state index in [-0.39, 0.29) is 5.75 Å². The van der Waals surface area contributed by atoms with Crippen molar-refractivity contribution in [2.75, 3.05) is 7.11 Å². The van der Waals surface area contributed by atoms with Crippen molar-refractivity contribution in [3.8, 4) is 33.8 Å². The van der Waals surface area contributed by atoms with Gasteiger partial charge in [-0.3, -0.25) is 4.98 Å². The van der Waals surface area contributed by atoms with Crippen LogP contribution in [-0.2, 0) is 0 Å². The molecule has 0 unspecified atom stereocenters. The largest absolute Gasteiger partial charge is 0.573 e. The maximum atomic E-state index is 12.5. The van der Waals surface area contributed by atoms with Gasteiger partial charge in [-0.05, 0) is 54.3 Å². The second-order valence-corrected chi connectivity index (χ2v) is 8.28. The maximum Gasteiger partial charge on any atom is 0.573 e. The van der Waals surface area contributed by atoms with E-state index < -0.39 is 6.36 Å². The molecule has 0 aliphatic rings. The number of ether oxygens (including phenoxy) is 2. The van der Waals surface area contributed by atoms with E-state index in [1.165, 1.54) is 19.2 Å². The fraction of sp³-hybridized carbons (Fsp3) is 0.160. The van der Waals surface area contributed by atoms with Crippen LogP contribution in [-0.4, -0.2) is 18.5 Å². The van der Waals surface area contributed by atoms with E-state index in [4.69, 9.17) is 27.9 Å². The van der Waals surface area contributed by atoms with Gasteiger partial charge in [0, 0.05) is 22.7 Å². The summed E-state index contributed by atoms with van der Waals surface area (Å²) in [4.78, 5) is 4.67. The molecule has 0 radical (unpaired) electrons.